The van der Waals surface area contributed by atoms with Gasteiger partial charge >= 0.3 is 0 Å². The Bertz CT molecular complexity index is 930. The predicted molar refractivity (Wildman–Crippen MR) is 94.8 cm³/mol. The van der Waals surface area contributed by atoms with Crippen LogP contribution >= 0.6 is 0 Å². The normalized spacial score (nSPS) is 10.3. The summed E-state index contributed by atoms with van der Waals surface area (Å²) in [5.74, 6) is -1.45. The van der Waals surface area contributed by atoms with Crippen LogP contribution in [0.25, 0.3) is 0 Å². The van der Waals surface area contributed by atoms with Gasteiger partial charge in [0.2, 0.25) is 0 Å². The second kappa shape index (κ2) is 7.60. The minimum Gasteiger partial charge on any atom is -0.497 e. The predicted octanol–water partition coefficient (Wildman–Crippen LogP) is 4.36. The molecule has 0 unspecified atom stereocenters. The van der Waals surface area contributed by atoms with Crippen LogP contribution in [0.4, 0.5) is 25.8 Å². The zero-order valence-electron chi connectivity index (χ0n) is 13.8. The Kier molecular flexibility index (Phi) is 5.07. The molecule has 0 fully saturated rings. The highest BCUT2D eigenvalue weighted by Crippen LogP contribution is 2.21. The Morgan fingerprint density at radius 2 is 1.88 bits per heavy atom. The van der Waals surface area contributed by atoms with Crippen LogP contribution in [0.2, 0.25) is 0 Å². The summed E-state index contributed by atoms with van der Waals surface area (Å²) in [6.07, 6.45) is 1.48. The Hall–Kier alpha value is -3.48. The molecular formula is C19H15F2N3O2. The molecule has 1 aromatic heterocycles. The lowest BCUT2D eigenvalue weighted by atomic mass is 10.2. The van der Waals surface area contributed by atoms with Gasteiger partial charge in [0.1, 0.15) is 23.1 Å². The standard InChI is InChI=1S/C19H15F2N3O2/c1-26-15-4-2-3-13(10-15)23-14-6-8-18(22-11-14)19(25)24-17-7-5-12(20)9-16(17)21/h2-11,23H,1H3,(H,24,25). The van der Waals surface area contributed by atoms with Crippen molar-refractivity contribution in [2.45, 2.75) is 0 Å². The molecule has 3 aromatic rings. The zero-order valence-corrected chi connectivity index (χ0v) is 13.8. The van der Waals surface area contributed by atoms with Crippen molar-refractivity contribution in [2.75, 3.05) is 17.7 Å². The van der Waals surface area contributed by atoms with Crippen molar-refractivity contribution in [3.63, 3.8) is 0 Å². The molecule has 2 N–H and O–H groups in total. The number of nitrogens with zero attached hydrogens (tertiary/aromatic N) is 1. The van der Waals surface area contributed by atoms with E-state index in [2.05, 4.69) is 15.6 Å². The first kappa shape index (κ1) is 17.3. The average Bonchev–Trinajstić information content (AvgIpc) is 2.64. The van der Waals surface area contributed by atoms with E-state index in [1.807, 2.05) is 24.3 Å². The van der Waals surface area contributed by atoms with Crippen molar-refractivity contribution in [3.8, 4) is 5.75 Å². The summed E-state index contributed by atoms with van der Waals surface area (Å²) in [6, 6.07) is 13.4. The summed E-state index contributed by atoms with van der Waals surface area (Å²) >= 11 is 0. The lowest BCUT2D eigenvalue weighted by molar-refractivity contribution is 0.102. The number of nitrogens with one attached hydrogen (secondary N) is 2. The van der Waals surface area contributed by atoms with Crippen molar-refractivity contribution in [3.05, 3.63) is 78.1 Å². The number of pyridine rings is 1. The van der Waals surface area contributed by atoms with Crippen molar-refractivity contribution >= 4 is 23.0 Å². The van der Waals surface area contributed by atoms with Crippen LogP contribution in [-0.2, 0) is 0 Å². The number of carbonyl (C=O) groups excluding carboxylic acids is 1. The van der Waals surface area contributed by atoms with Crippen molar-refractivity contribution < 1.29 is 18.3 Å². The molecule has 0 saturated heterocycles. The molecule has 132 valence electrons. The maximum atomic E-state index is 13.6. The van der Waals surface area contributed by atoms with Gasteiger partial charge in [0.15, 0.2) is 0 Å². The second-order valence-electron chi connectivity index (χ2n) is 5.37. The summed E-state index contributed by atoms with van der Waals surface area (Å²) in [7, 11) is 1.58. The summed E-state index contributed by atoms with van der Waals surface area (Å²) in [5.41, 5.74) is 1.46. The van der Waals surface area contributed by atoms with Crippen LogP contribution in [0, 0.1) is 11.6 Å². The summed E-state index contributed by atoms with van der Waals surface area (Å²) < 4.78 is 31.7. The summed E-state index contributed by atoms with van der Waals surface area (Å²) in [5, 5.41) is 5.49. The molecule has 0 spiro atoms. The lowest BCUT2D eigenvalue weighted by Crippen LogP contribution is -2.14. The van der Waals surface area contributed by atoms with Gasteiger partial charge in [0.05, 0.1) is 24.7 Å². The minimum absolute atomic E-state index is 0.102. The first-order valence-corrected chi connectivity index (χ1v) is 7.69. The highest BCUT2D eigenvalue weighted by Gasteiger charge is 2.11. The van der Waals surface area contributed by atoms with Crippen molar-refractivity contribution in [1.29, 1.82) is 0 Å². The molecule has 0 aliphatic heterocycles. The minimum atomic E-state index is -0.852. The van der Waals surface area contributed by atoms with E-state index in [9.17, 15) is 13.6 Å². The van der Waals surface area contributed by atoms with Crippen LogP contribution < -0.4 is 15.4 Å². The van der Waals surface area contributed by atoms with Crippen molar-refractivity contribution in [2.24, 2.45) is 0 Å². The maximum absolute atomic E-state index is 13.6. The number of benzene rings is 2. The van der Waals surface area contributed by atoms with E-state index in [0.717, 1.165) is 17.8 Å². The van der Waals surface area contributed by atoms with Crippen LogP contribution in [0.1, 0.15) is 10.5 Å². The molecule has 1 amide bonds. The number of hydrogen-bond donors (Lipinski definition) is 2. The van der Waals surface area contributed by atoms with Crippen LogP contribution in [0.3, 0.4) is 0 Å². The molecule has 5 nitrogen and oxygen atoms in total. The Morgan fingerprint density at radius 3 is 2.58 bits per heavy atom. The first-order chi connectivity index (χ1) is 12.5. The number of rotatable bonds is 5. The Balaban J connectivity index is 1.69. The molecule has 2 aromatic carbocycles. The van der Waals surface area contributed by atoms with Gasteiger partial charge < -0.3 is 15.4 Å². The number of halogens is 2. The third-order valence-electron chi connectivity index (χ3n) is 3.53. The molecule has 3 rings (SSSR count). The Labute approximate surface area is 148 Å². The van der Waals surface area contributed by atoms with E-state index in [0.29, 0.717) is 17.5 Å². The summed E-state index contributed by atoms with van der Waals surface area (Å²) in [6.45, 7) is 0. The van der Waals surface area contributed by atoms with Crippen molar-refractivity contribution in [1.82, 2.24) is 4.98 Å². The summed E-state index contributed by atoms with van der Waals surface area (Å²) in [4.78, 5) is 16.2. The van der Waals surface area contributed by atoms with E-state index in [-0.39, 0.29) is 11.4 Å². The molecular weight excluding hydrogens is 340 g/mol. The molecule has 7 heteroatoms. The number of anilines is 3. The molecule has 0 aliphatic carbocycles. The van der Waals surface area contributed by atoms with Gasteiger partial charge in [-0.1, -0.05) is 6.07 Å². The van der Waals surface area contributed by atoms with E-state index < -0.39 is 17.5 Å². The monoisotopic (exact) mass is 355 g/mol. The highest BCUT2D eigenvalue weighted by molar-refractivity contribution is 6.03. The van der Waals surface area contributed by atoms with E-state index in [1.165, 1.54) is 12.3 Å². The van der Waals surface area contributed by atoms with E-state index in [1.54, 1.807) is 13.2 Å². The third-order valence-corrected chi connectivity index (χ3v) is 3.53. The fraction of sp³-hybridized carbons (Fsp3) is 0.0526. The van der Waals surface area contributed by atoms with Crippen LogP contribution in [-0.4, -0.2) is 18.0 Å². The van der Waals surface area contributed by atoms with Gasteiger partial charge in [-0.3, -0.25) is 4.79 Å². The van der Waals surface area contributed by atoms with Gasteiger partial charge in [-0.15, -0.1) is 0 Å². The molecule has 26 heavy (non-hydrogen) atoms. The first-order valence-electron chi connectivity index (χ1n) is 7.69. The highest BCUT2D eigenvalue weighted by atomic mass is 19.1. The molecule has 1 heterocycles. The molecule has 0 atom stereocenters. The van der Waals surface area contributed by atoms with Gasteiger partial charge in [-0.05, 0) is 36.4 Å². The number of aromatic nitrogens is 1. The largest absolute Gasteiger partial charge is 0.497 e. The smallest absolute Gasteiger partial charge is 0.274 e. The van der Waals surface area contributed by atoms with Crippen LogP contribution in [0.5, 0.6) is 5.75 Å². The molecule has 0 saturated carbocycles. The van der Waals surface area contributed by atoms with Gasteiger partial charge in [-0.2, -0.15) is 0 Å². The molecule has 0 aliphatic rings. The van der Waals surface area contributed by atoms with Gasteiger partial charge in [0, 0.05) is 17.8 Å². The topological polar surface area (TPSA) is 63.2 Å². The van der Waals surface area contributed by atoms with Gasteiger partial charge in [-0.25, -0.2) is 13.8 Å². The fourth-order valence-corrected chi connectivity index (χ4v) is 2.25. The maximum Gasteiger partial charge on any atom is 0.274 e. The number of ether oxygens (including phenoxy) is 1. The third kappa shape index (κ3) is 4.13. The molecule has 0 bridgehead atoms. The number of hydrogen-bond acceptors (Lipinski definition) is 4. The molecule has 0 radical (unpaired) electrons. The average molecular weight is 355 g/mol. The van der Waals surface area contributed by atoms with Gasteiger partial charge in [0.25, 0.3) is 5.91 Å². The SMILES string of the molecule is COc1cccc(Nc2ccc(C(=O)Nc3ccc(F)cc3F)nc2)c1. The fourth-order valence-electron chi connectivity index (χ4n) is 2.25. The number of carbonyl (C=O) groups is 1. The second-order valence-corrected chi connectivity index (χ2v) is 5.37. The van der Waals surface area contributed by atoms with E-state index >= 15 is 0 Å². The van der Waals surface area contributed by atoms with Crippen LogP contribution in [0.15, 0.2) is 60.8 Å². The lowest BCUT2D eigenvalue weighted by Gasteiger charge is -2.09. The quantitative estimate of drug-likeness (QED) is 0.714. The number of amides is 1. The number of methoxy groups -OCH3 is 1. The Morgan fingerprint density at radius 1 is 1.04 bits per heavy atom. The van der Waals surface area contributed by atoms with E-state index in [4.69, 9.17) is 4.74 Å². The zero-order chi connectivity index (χ0) is 18.5.